The summed E-state index contributed by atoms with van der Waals surface area (Å²) in [4.78, 5) is 11.4. The summed E-state index contributed by atoms with van der Waals surface area (Å²) in [5, 5.41) is 13.4. The smallest absolute Gasteiger partial charge is 0.315 e. The van der Waals surface area contributed by atoms with Gasteiger partial charge in [0.25, 0.3) is 0 Å². The van der Waals surface area contributed by atoms with Crippen molar-refractivity contribution in [1.82, 2.24) is 15.5 Å². The molecule has 1 aromatic rings. The Kier molecular flexibility index (Phi) is 4.19. The van der Waals surface area contributed by atoms with Crippen LogP contribution in [-0.2, 0) is 11.2 Å². The maximum Gasteiger partial charge on any atom is 0.315 e. The van der Waals surface area contributed by atoms with Crippen LogP contribution in [0.1, 0.15) is 25.2 Å². The van der Waals surface area contributed by atoms with E-state index in [1.165, 1.54) is 0 Å². The summed E-state index contributed by atoms with van der Waals surface area (Å²) < 4.78 is 5.25. The van der Waals surface area contributed by atoms with Crippen molar-refractivity contribution in [1.29, 1.82) is 0 Å². The monoisotopic (exact) mass is 258 g/mol. The molecular formula is C10H15ClN4O2. The molecule has 6 nitrogen and oxygen atoms in total. The van der Waals surface area contributed by atoms with Crippen molar-refractivity contribution in [3.05, 3.63) is 5.89 Å². The molecule has 1 amide bonds. The number of aryl methyl sites for hydroxylation is 1. The molecule has 0 unspecified atom stereocenters. The van der Waals surface area contributed by atoms with E-state index < -0.39 is 0 Å². The summed E-state index contributed by atoms with van der Waals surface area (Å²) in [6, 6.07) is 0.741. The van der Waals surface area contributed by atoms with Gasteiger partial charge in [-0.3, -0.25) is 4.79 Å². The van der Waals surface area contributed by atoms with Crippen molar-refractivity contribution >= 4 is 23.5 Å². The van der Waals surface area contributed by atoms with Gasteiger partial charge in [-0.25, -0.2) is 0 Å². The fourth-order valence-electron chi connectivity index (χ4n) is 1.32. The van der Waals surface area contributed by atoms with E-state index in [1.807, 2.05) is 0 Å². The molecular weight excluding hydrogens is 244 g/mol. The van der Waals surface area contributed by atoms with Gasteiger partial charge in [-0.1, -0.05) is 5.10 Å². The van der Waals surface area contributed by atoms with Gasteiger partial charge in [0.15, 0.2) is 0 Å². The molecule has 1 aliphatic rings. The van der Waals surface area contributed by atoms with Crippen LogP contribution in [0.4, 0.5) is 6.01 Å². The van der Waals surface area contributed by atoms with Gasteiger partial charge in [0.1, 0.15) is 0 Å². The van der Waals surface area contributed by atoms with E-state index in [4.69, 9.17) is 16.0 Å². The Labute approximate surface area is 104 Å². The SMILES string of the molecule is O=C(CCNc1nnc(CCCl)o1)NC1CC1. The largest absolute Gasteiger partial charge is 0.408 e. The minimum absolute atomic E-state index is 0.0560. The quantitative estimate of drug-likeness (QED) is 0.712. The zero-order valence-corrected chi connectivity index (χ0v) is 10.2. The van der Waals surface area contributed by atoms with Gasteiger partial charge in [-0.15, -0.1) is 16.7 Å². The van der Waals surface area contributed by atoms with Crippen LogP contribution in [0.25, 0.3) is 0 Å². The number of halogens is 1. The van der Waals surface area contributed by atoms with E-state index >= 15 is 0 Å². The standard InChI is InChI=1S/C10H15ClN4O2/c11-5-3-9-14-15-10(17-9)12-6-4-8(16)13-7-1-2-7/h7H,1-6H2,(H,12,15)(H,13,16). The lowest BCUT2D eigenvalue weighted by molar-refractivity contribution is -0.120. The lowest BCUT2D eigenvalue weighted by atomic mass is 10.4. The predicted octanol–water partition coefficient (Wildman–Crippen LogP) is 0.931. The molecule has 1 fully saturated rings. The Hall–Kier alpha value is -1.30. The highest BCUT2D eigenvalue weighted by Gasteiger charge is 2.22. The topological polar surface area (TPSA) is 80.1 Å². The number of hydrogen-bond donors (Lipinski definition) is 2. The van der Waals surface area contributed by atoms with Crippen LogP contribution in [0.5, 0.6) is 0 Å². The lowest BCUT2D eigenvalue weighted by Gasteiger charge is -2.02. The molecule has 7 heteroatoms. The van der Waals surface area contributed by atoms with Gasteiger partial charge in [0.05, 0.1) is 0 Å². The zero-order valence-electron chi connectivity index (χ0n) is 9.41. The van der Waals surface area contributed by atoms with Crippen molar-refractivity contribution < 1.29 is 9.21 Å². The third-order valence-electron chi connectivity index (χ3n) is 2.35. The average molecular weight is 259 g/mol. The molecule has 0 saturated heterocycles. The molecule has 1 saturated carbocycles. The highest BCUT2D eigenvalue weighted by atomic mass is 35.5. The first-order valence-corrected chi connectivity index (χ1v) is 6.23. The molecule has 94 valence electrons. The number of nitrogens with one attached hydrogen (secondary N) is 2. The number of carbonyl (C=O) groups is 1. The second-order valence-corrected chi connectivity index (χ2v) is 4.34. The number of aromatic nitrogens is 2. The number of nitrogens with zero attached hydrogens (tertiary/aromatic N) is 2. The Morgan fingerprint density at radius 2 is 2.29 bits per heavy atom. The molecule has 17 heavy (non-hydrogen) atoms. The van der Waals surface area contributed by atoms with Crippen LogP contribution >= 0.6 is 11.6 Å². The van der Waals surface area contributed by atoms with Gasteiger partial charge in [-0.2, -0.15) is 0 Å². The first-order chi connectivity index (χ1) is 8.28. The van der Waals surface area contributed by atoms with Crippen molar-refractivity contribution in [3.63, 3.8) is 0 Å². The number of hydrogen-bond acceptors (Lipinski definition) is 5. The summed E-state index contributed by atoms with van der Waals surface area (Å²) >= 11 is 5.54. The van der Waals surface area contributed by atoms with Gasteiger partial charge in [0, 0.05) is 31.3 Å². The normalized spacial score (nSPS) is 14.6. The van der Waals surface area contributed by atoms with E-state index in [-0.39, 0.29) is 5.91 Å². The minimum atomic E-state index is 0.0560. The Morgan fingerprint density at radius 3 is 3.00 bits per heavy atom. The van der Waals surface area contributed by atoms with Crippen molar-refractivity contribution in [3.8, 4) is 0 Å². The highest BCUT2D eigenvalue weighted by molar-refractivity contribution is 6.17. The fourth-order valence-corrected chi connectivity index (χ4v) is 1.48. The molecule has 0 bridgehead atoms. The molecule has 2 N–H and O–H groups in total. The van der Waals surface area contributed by atoms with Crippen LogP contribution < -0.4 is 10.6 Å². The Bertz CT molecular complexity index is 378. The summed E-state index contributed by atoms with van der Waals surface area (Å²) in [6.07, 6.45) is 3.16. The number of anilines is 1. The van der Waals surface area contributed by atoms with Gasteiger partial charge in [-0.05, 0) is 12.8 Å². The second-order valence-electron chi connectivity index (χ2n) is 3.96. The van der Waals surface area contributed by atoms with E-state index in [0.29, 0.717) is 43.2 Å². The third-order valence-corrected chi connectivity index (χ3v) is 2.53. The van der Waals surface area contributed by atoms with Crippen molar-refractivity contribution in [2.24, 2.45) is 0 Å². The highest BCUT2D eigenvalue weighted by Crippen LogP contribution is 2.18. The van der Waals surface area contributed by atoms with Crippen LogP contribution in [0.15, 0.2) is 4.42 Å². The summed E-state index contributed by atoms with van der Waals surface area (Å²) in [5.41, 5.74) is 0. The van der Waals surface area contributed by atoms with Crippen LogP contribution in [0, 0.1) is 0 Å². The summed E-state index contributed by atoms with van der Waals surface area (Å²) in [7, 11) is 0. The van der Waals surface area contributed by atoms with E-state index in [2.05, 4.69) is 20.8 Å². The first-order valence-electron chi connectivity index (χ1n) is 5.69. The number of carbonyl (C=O) groups excluding carboxylic acids is 1. The maximum absolute atomic E-state index is 11.4. The maximum atomic E-state index is 11.4. The van der Waals surface area contributed by atoms with Crippen LogP contribution in [-0.4, -0.2) is 34.6 Å². The van der Waals surface area contributed by atoms with E-state index in [9.17, 15) is 4.79 Å². The van der Waals surface area contributed by atoms with Gasteiger partial charge in [0.2, 0.25) is 11.8 Å². The Morgan fingerprint density at radius 1 is 1.47 bits per heavy atom. The minimum Gasteiger partial charge on any atom is -0.408 e. The van der Waals surface area contributed by atoms with Gasteiger partial charge >= 0.3 is 6.01 Å². The summed E-state index contributed by atoms with van der Waals surface area (Å²) in [6.45, 7) is 0.487. The lowest BCUT2D eigenvalue weighted by Crippen LogP contribution is -2.27. The molecule has 1 aliphatic carbocycles. The number of alkyl halides is 1. The molecule has 0 radical (unpaired) electrons. The Balaban J connectivity index is 1.64. The first kappa shape index (κ1) is 12.2. The molecule has 0 spiro atoms. The van der Waals surface area contributed by atoms with E-state index in [0.717, 1.165) is 12.8 Å². The zero-order chi connectivity index (χ0) is 12.1. The molecule has 0 aromatic carbocycles. The molecule has 1 aromatic heterocycles. The molecule has 1 heterocycles. The fraction of sp³-hybridized carbons (Fsp3) is 0.700. The van der Waals surface area contributed by atoms with Crippen molar-refractivity contribution in [2.45, 2.75) is 31.7 Å². The molecule has 0 atom stereocenters. The van der Waals surface area contributed by atoms with Crippen LogP contribution in [0.2, 0.25) is 0 Å². The number of rotatable bonds is 7. The molecule has 2 rings (SSSR count). The second kappa shape index (κ2) is 5.86. The third kappa shape index (κ3) is 4.22. The average Bonchev–Trinajstić information content (AvgIpc) is 2.99. The van der Waals surface area contributed by atoms with Gasteiger partial charge < -0.3 is 15.1 Å². The van der Waals surface area contributed by atoms with Crippen LogP contribution in [0.3, 0.4) is 0 Å². The predicted molar refractivity (Wildman–Crippen MR) is 63.0 cm³/mol. The van der Waals surface area contributed by atoms with E-state index in [1.54, 1.807) is 0 Å². The van der Waals surface area contributed by atoms with Crippen molar-refractivity contribution in [2.75, 3.05) is 17.7 Å². The summed E-state index contributed by atoms with van der Waals surface area (Å²) in [5.74, 6) is 1.01. The number of amides is 1. The molecule has 0 aliphatic heterocycles.